The molecule has 2 aromatic rings. The van der Waals surface area contributed by atoms with Crippen LogP contribution in [0.5, 0.6) is 0 Å². The maximum Gasteiger partial charge on any atom is 0.248 e. The zero-order valence-electron chi connectivity index (χ0n) is 14.9. The molecule has 134 valence electrons. The average molecular weight is 349 g/mol. The minimum atomic E-state index is -0.510. The summed E-state index contributed by atoms with van der Waals surface area (Å²) in [5, 5.41) is 2.89. The van der Waals surface area contributed by atoms with E-state index in [2.05, 4.69) is 10.2 Å². The Kier molecular flexibility index (Phi) is 5.37. The predicted molar refractivity (Wildman–Crippen MR) is 105 cm³/mol. The fraction of sp³-hybridized carbons (Fsp3) is 0.238. The van der Waals surface area contributed by atoms with Gasteiger partial charge in [-0.15, -0.1) is 0 Å². The zero-order valence-corrected chi connectivity index (χ0v) is 14.9. The molecule has 1 saturated heterocycles. The zero-order chi connectivity index (χ0) is 18.5. The molecule has 3 N–H and O–H groups in total. The van der Waals surface area contributed by atoms with Crippen molar-refractivity contribution < 1.29 is 9.59 Å². The van der Waals surface area contributed by atoms with Crippen LogP contribution in [-0.4, -0.2) is 24.9 Å². The highest BCUT2D eigenvalue weighted by atomic mass is 16.1. The van der Waals surface area contributed by atoms with Crippen LogP contribution in [0.2, 0.25) is 0 Å². The summed E-state index contributed by atoms with van der Waals surface area (Å²) in [5.74, 6) is -0.752. The highest BCUT2D eigenvalue weighted by molar-refractivity contribution is 6.05. The third-order valence-corrected chi connectivity index (χ3v) is 4.45. The number of anilines is 2. The second-order valence-corrected chi connectivity index (χ2v) is 6.53. The number of nitrogens with zero attached hydrogens (tertiary/aromatic N) is 1. The molecule has 5 heteroatoms. The molecule has 5 nitrogen and oxygen atoms in total. The van der Waals surface area contributed by atoms with E-state index in [0.29, 0.717) is 11.3 Å². The minimum absolute atomic E-state index is 0.242. The van der Waals surface area contributed by atoms with Crippen LogP contribution in [0.1, 0.15) is 34.3 Å². The van der Waals surface area contributed by atoms with Crippen LogP contribution >= 0.6 is 0 Å². The first kappa shape index (κ1) is 17.7. The summed E-state index contributed by atoms with van der Waals surface area (Å²) in [6, 6.07) is 13.1. The molecule has 0 radical (unpaired) electrons. The van der Waals surface area contributed by atoms with E-state index < -0.39 is 5.91 Å². The summed E-state index contributed by atoms with van der Waals surface area (Å²) in [6.07, 6.45) is 5.52. The molecule has 0 atom stereocenters. The lowest BCUT2D eigenvalue weighted by Gasteiger charge is -2.21. The van der Waals surface area contributed by atoms with Crippen LogP contribution in [0.3, 0.4) is 0 Å². The first-order chi connectivity index (χ1) is 12.5. The van der Waals surface area contributed by atoms with Crippen molar-refractivity contribution in [3.63, 3.8) is 0 Å². The molecule has 3 rings (SSSR count). The molecule has 2 amide bonds. The second kappa shape index (κ2) is 7.87. The van der Waals surface area contributed by atoms with Gasteiger partial charge in [0, 0.05) is 24.7 Å². The summed E-state index contributed by atoms with van der Waals surface area (Å²) in [5.41, 5.74) is 9.40. The van der Waals surface area contributed by atoms with Gasteiger partial charge in [-0.3, -0.25) is 9.59 Å². The minimum Gasteiger partial charge on any atom is -0.370 e. The topological polar surface area (TPSA) is 75.4 Å². The Morgan fingerprint density at radius 1 is 1.12 bits per heavy atom. The smallest absolute Gasteiger partial charge is 0.248 e. The summed E-state index contributed by atoms with van der Waals surface area (Å²) < 4.78 is 0. The highest BCUT2D eigenvalue weighted by Crippen LogP contribution is 2.30. The fourth-order valence-corrected chi connectivity index (χ4v) is 3.14. The number of benzene rings is 2. The predicted octanol–water partition coefficient (Wildman–Crippen LogP) is 3.35. The van der Waals surface area contributed by atoms with Gasteiger partial charge in [0.1, 0.15) is 0 Å². The highest BCUT2D eigenvalue weighted by Gasteiger charge is 2.17. The van der Waals surface area contributed by atoms with Crippen LogP contribution in [0.25, 0.3) is 6.08 Å². The van der Waals surface area contributed by atoms with E-state index in [1.807, 2.05) is 37.3 Å². The van der Waals surface area contributed by atoms with Gasteiger partial charge < -0.3 is 16.0 Å². The molecule has 0 aromatic heterocycles. The first-order valence-corrected chi connectivity index (χ1v) is 8.77. The van der Waals surface area contributed by atoms with Crippen molar-refractivity contribution in [1.82, 2.24) is 0 Å². The largest absolute Gasteiger partial charge is 0.370 e. The number of aryl methyl sites for hydroxylation is 1. The number of primary amides is 1. The number of rotatable bonds is 5. The summed E-state index contributed by atoms with van der Waals surface area (Å²) >= 11 is 0. The van der Waals surface area contributed by atoms with Gasteiger partial charge in [-0.05, 0) is 49.6 Å². The number of nitrogens with one attached hydrogen (secondary N) is 1. The third kappa shape index (κ3) is 4.30. The quantitative estimate of drug-likeness (QED) is 0.813. The molecule has 1 fully saturated rings. The Morgan fingerprint density at radius 3 is 2.58 bits per heavy atom. The monoisotopic (exact) mass is 349 g/mol. The second-order valence-electron chi connectivity index (χ2n) is 6.53. The molecule has 1 heterocycles. The summed E-state index contributed by atoms with van der Waals surface area (Å²) in [6.45, 7) is 3.89. The van der Waals surface area contributed by atoms with E-state index in [0.717, 1.165) is 42.7 Å². The molecule has 2 aromatic carbocycles. The molecule has 0 aliphatic carbocycles. The normalized spacial score (nSPS) is 14.0. The van der Waals surface area contributed by atoms with Gasteiger partial charge >= 0.3 is 0 Å². The summed E-state index contributed by atoms with van der Waals surface area (Å²) in [4.78, 5) is 26.1. The van der Waals surface area contributed by atoms with E-state index in [1.165, 1.54) is 6.08 Å². The molecular formula is C21H23N3O2. The maximum atomic E-state index is 12.4. The Hall–Kier alpha value is -3.08. The molecular weight excluding hydrogens is 326 g/mol. The summed E-state index contributed by atoms with van der Waals surface area (Å²) in [7, 11) is 0. The lowest BCUT2D eigenvalue weighted by Crippen LogP contribution is -2.21. The number of carbonyl (C=O) groups excluding carboxylic acids is 2. The van der Waals surface area contributed by atoms with Gasteiger partial charge in [-0.2, -0.15) is 0 Å². The van der Waals surface area contributed by atoms with Gasteiger partial charge in [0.2, 0.25) is 11.8 Å². The number of amides is 2. The number of nitrogens with two attached hydrogens (primary N) is 1. The van der Waals surface area contributed by atoms with Crippen LogP contribution in [0, 0.1) is 6.92 Å². The van der Waals surface area contributed by atoms with Crippen molar-refractivity contribution in [3.8, 4) is 0 Å². The van der Waals surface area contributed by atoms with E-state index in [1.54, 1.807) is 18.2 Å². The van der Waals surface area contributed by atoms with Crippen molar-refractivity contribution in [2.75, 3.05) is 23.3 Å². The van der Waals surface area contributed by atoms with Crippen LogP contribution in [0.15, 0.2) is 48.5 Å². The number of carbonyl (C=O) groups is 2. The van der Waals surface area contributed by atoms with Gasteiger partial charge in [0.15, 0.2) is 0 Å². The maximum absolute atomic E-state index is 12.4. The number of hydrogen-bond donors (Lipinski definition) is 2. The Labute approximate surface area is 153 Å². The van der Waals surface area contributed by atoms with Gasteiger partial charge in [-0.25, -0.2) is 0 Å². The molecule has 0 bridgehead atoms. The SMILES string of the molecule is Cc1cccc(/C=C/C(=O)Nc2cc(C(N)=O)ccc2N2CCCC2)c1. The van der Waals surface area contributed by atoms with Crippen molar-refractivity contribution in [2.24, 2.45) is 5.73 Å². The van der Waals surface area contributed by atoms with Gasteiger partial charge in [0.25, 0.3) is 0 Å². The van der Waals surface area contributed by atoms with E-state index in [4.69, 9.17) is 5.73 Å². The van der Waals surface area contributed by atoms with E-state index in [9.17, 15) is 9.59 Å². The third-order valence-electron chi connectivity index (χ3n) is 4.45. The Balaban J connectivity index is 1.81. The molecule has 26 heavy (non-hydrogen) atoms. The van der Waals surface area contributed by atoms with Crippen LogP contribution in [0.4, 0.5) is 11.4 Å². The standard InChI is InChI=1S/C21H23N3O2/c1-15-5-4-6-16(13-15)7-10-20(25)23-18-14-17(21(22)26)8-9-19(18)24-11-2-3-12-24/h4-10,13-14H,2-3,11-12H2,1H3,(H2,22,26)(H,23,25)/b10-7+. The molecule has 0 spiro atoms. The van der Waals surface area contributed by atoms with Crippen molar-refractivity contribution in [3.05, 3.63) is 65.2 Å². The lowest BCUT2D eigenvalue weighted by atomic mass is 10.1. The van der Waals surface area contributed by atoms with E-state index >= 15 is 0 Å². The van der Waals surface area contributed by atoms with E-state index in [-0.39, 0.29) is 5.91 Å². The van der Waals surface area contributed by atoms with Gasteiger partial charge in [-0.1, -0.05) is 29.8 Å². The average Bonchev–Trinajstić information content (AvgIpc) is 3.14. The molecule has 1 aliphatic rings. The Morgan fingerprint density at radius 2 is 1.88 bits per heavy atom. The molecule has 1 aliphatic heterocycles. The first-order valence-electron chi connectivity index (χ1n) is 8.77. The lowest BCUT2D eigenvalue weighted by molar-refractivity contribution is -0.111. The van der Waals surface area contributed by atoms with Crippen LogP contribution < -0.4 is 16.0 Å². The van der Waals surface area contributed by atoms with Crippen molar-refractivity contribution in [1.29, 1.82) is 0 Å². The van der Waals surface area contributed by atoms with Crippen molar-refractivity contribution >= 4 is 29.3 Å². The van der Waals surface area contributed by atoms with Crippen LogP contribution in [-0.2, 0) is 4.79 Å². The Bertz CT molecular complexity index is 852. The molecule has 0 saturated carbocycles. The molecule has 0 unspecified atom stereocenters. The van der Waals surface area contributed by atoms with Gasteiger partial charge in [0.05, 0.1) is 11.4 Å². The van der Waals surface area contributed by atoms with Crippen molar-refractivity contribution in [2.45, 2.75) is 19.8 Å². The number of hydrogen-bond acceptors (Lipinski definition) is 3. The fourth-order valence-electron chi connectivity index (χ4n) is 3.14.